The van der Waals surface area contributed by atoms with E-state index in [0.29, 0.717) is 16.8 Å². The molecule has 2 aliphatic carbocycles. The number of aromatic nitrogens is 1. The van der Waals surface area contributed by atoms with Crippen molar-refractivity contribution in [1.82, 2.24) is 4.57 Å². The fourth-order valence-electron chi connectivity index (χ4n) is 11.0. The molecule has 9 aromatic rings. The summed E-state index contributed by atoms with van der Waals surface area (Å²) in [5.41, 5.74) is 14.1. The van der Waals surface area contributed by atoms with Gasteiger partial charge in [0.05, 0.1) is 33.3 Å². The average molecular weight is 745 g/mol. The van der Waals surface area contributed by atoms with Gasteiger partial charge in [0, 0.05) is 16.3 Å². The maximum Gasteiger partial charge on any atom is 0.266 e. The van der Waals surface area contributed by atoms with Crippen molar-refractivity contribution in [3.05, 3.63) is 243 Å². The lowest BCUT2D eigenvalue weighted by Crippen LogP contribution is -2.48. The van der Waals surface area contributed by atoms with E-state index >= 15 is 4.79 Å². The Balaban J connectivity index is 1.31. The van der Waals surface area contributed by atoms with Gasteiger partial charge < -0.3 is 4.57 Å². The maximum atomic E-state index is 15.3. The molecule has 0 saturated carbocycles. The van der Waals surface area contributed by atoms with Crippen molar-refractivity contribution >= 4 is 39.3 Å². The van der Waals surface area contributed by atoms with Crippen molar-refractivity contribution in [2.24, 2.45) is 0 Å². The Morgan fingerprint density at radius 3 is 1.40 bits per heavy atom. The lowest BCUT2D eigenvalue weighted by molar-refractivity contribution is 0.0925. The van der Waals surface area contributed by atoms with Gasteiger partial charge in [0.1, 0.15) is 5.54 Å². The smallest absolute Gasteiger partial charge is 0.266 e. The maximum absolute atomic E-state index is 15.3. The van der Waals surface area contributed by atoms with Gasteiger partial charge in [-0.1, -0.05) is 151 Å². The van der Waals surface area contributed by atoms with E-state index in [1.54, 1.807) is 0 Å². The molecular formula is C54H36N2O2. The summed E-state index contributed by atoms with van der Waals surface area (Å²) in [6.07, 6.45) is 0. The second kappa shape index (κ2) is 11.6. The van der Waals surface area contributed by atoms with Crippen LogP contribution in [0.25, 0.3) is 32.9 Å². The summed E-state index contributed by atoms with van der Waals surface area (Å²) < 4.78 is 2.49. The summed E-state index contributed by atoms with van der Waals surface area (Å²) in [6.45, 7) is 4.29. The Hall–Kier alpha value is -7.30. The van der Waals surface area contributed by atoms with Gasteiger partial charge in [0.2, 0.25) is 0 Å². The second-order valence-corrected chi connectivity index (χ2v) is 16.0. The number of anilines is 1. The summed E-state index contributed by atoms with van der Waals surface area (Å²) in [4.78, 5) is 31.3. The molecule has 1 aliphatic heterocycles. The SMILES string of the molecule is Cc1ccc2c(c1)c1cc(C)ccc1n2C1(c2cccc3c2C(=O)N(c2ccccc2)C3=O)c2ccccc2C2(c3ccccc3-c3ccccc32)c2ccccc21. The van der Waals surface area contributed by atoms with Crippen LogP contribution in [0.15, 0.2) is 182 Å². The van der Waals surface area contributed by atoms with Crippen LogP contribution < -0.4 is 4.90 Å². The topological polar surface area (TPSA) is 42.3 Å². The zero-order valence-corrected chi connectivity index (χ0v) is 32.0. The minimum absolute atomic E-state index is 0.316. The number of hydrogen-bond donors (Lipinski definition) is 0. The van der Waals surface area contributed by atoms with Gasteiger partial charge in [0.15, 0.2) is 0 Å². The highest BCUT2D eigenvalue weighted by atomic mass is 16.2. The van der Waals surface area contributed by atoms with Crippen LogP contribution >= 0.6 is 0 Å². The number of carbonyl (C=O) groups is 2. The molecule has 0 fully saturated rings. The molecule has 1 spiro atoms. The first kappa shape index (κ1) is 32.9. The van der Waals surface area contributed by atoms with Crippen molar-refractivity contribution in [3.63, 3.8) is 0 Å². The molecule has 0 radical (unpaired) electrons. The van der Waals surface area contributed by atoms with Crippen molar-refractivity contribution in [3.8, 4) is 11.1 Å². The molecule has 1 aromatic heterocycles. The molecule has 0 unspecified atom stereocenters. The highest BCUT2D eigenvalue weighted by Gasteiger charge is 2.59. The third kappa shape index (κ3) is 3.89. The molecule has 2 amide bonds. The number of nitrogens with zero attached hydrogens (tertiary/aromatic N) is 2. The minimum atomic E-state index is -1.12. The zero-order valence-electron chi connectivity index (χ0n) is 32.0. The standard InChI is InChI=1S/C54H36N2O2/c1-33-27-29-48-39(31-33)40-32-34(2)28-30-49(40)56(48)54(47-26-14-19-38-50(47)52(58)55(51(38)57)35-15-4-3-5-16-35)45-24-12-10-22-43(45)53(44-23-11-13-25-46(44)54)41-20-8-6-17-36(41)37-18-7-9-21-42(37)53/h3-32H,1-2H3. The van der Waals surface area contributed by atoms with E-state index in [9.17, 15) is 4.79 Å². The number of imide groups is 1. The number of fused-ring (bicyclic) bond motifs is 13. The quantitative estimate of drug-likeness (QED) is 0.169. The van der Waals surface area contributed by atoms with Gasteiger partial charge in [-0.25, -0.2) is 4.90 Å². The third-order valence-electron chi connectivity index (χ3n) is 13.1. The molecule has 274 valence electrons. The molecule has 0 atom stereocenters. The predicted molar refractivity (Wildman–Crippen MR) is 232 cm³/mol. The van der Waals surface area contributed by atoms with Crippen molar-refractivity contribution in [2.75, 3.05) is 4.90 Å². The molecule has 58 heavy (non-hydrogen) atoms. The Morgan fingerprint density at radius 1 is 0.397 bits per heavy atom. The van der Waals surface area contributed by atoms with Gasteiger partial charge in [-0.2, -0.15) is 0 Å². The first-order chi connectivity index (χ1) is 28.5. The Bertz CT molecular complexity index is 3110. The van der Waals surface area contributed by atoms with Gasteiger partial charge in [-0.3, -0.25) is 9.59 Å². The number of rotatable bonds is 3. The van der Waals surface area contributed by atoms with Crippen LogP contribution in [0.3, 0.4) is 0 Å². The van der Waals surface area contributed by atoms with Crippen molar-refractivity contribution in [2.45, 2.75) is 24.8 Å². The molecule has 12 rings (SSSR count). The van der Waals surface area contributed by atoms with E-state index in [0.717, 1.165) is 49.6 Å². The van der Waals surface area contributed by atoms with Gasteiger partial charge in [0.25, 0.3) is 11.8 Å². The van der Waals surface area contributed by atoms with Crippen LogP contribution in [-0.2, 0) is 11.0 Å². The van der Waals surface area contributed by atoms with Crippen molar-refractivity contribution in [1.29, 1.82) is 0 Å². The van der Waals surface area contributed by atoms with Crippen molar-refractivity contribution < 1.29 is 9.59 Å². The molecule has 8 aromatic carbocycles. The van der Waals surface area contributed by atoms with E-state index in [-0.39, 0.29) is 11.8 Å². The van der Waals surface area contributed by atoms with Gasteiger partial charge in [-0.05, 0) is 101 Å². The van der Waals surface area contributed by atoms with Crippen LogP contribution in [0.2, 0.25) is 0 Å². The third-order valence-corrected chi connectivity index (χ3v) is 13.1. The fourth-order valence-corrected chi connectivity index (χ4v) is 11.0. The lowest BCUT2D eigenvalue weighted by atomic mass is 9.55. The number of carbonyl (C=O) groups excluding carboxylic acids is 2. The number of amides is 2. The predicted octanol–water partition coefficient (Wildman–Crippen LogP) is 11.7. The Morgan fingerprint density at radius 2 is 0.845 bits per heavy atom. The summed E-state index contributed by atoms with van der Waals surface area (Å²) in [5.74, 6) is -0.635. The average Bonchev–Trinajstić information content (AvgIpc) is 3.84. The van der Waals surface area contributed by atoms with E-state index in [1.165, 1.54) is 38.3 Å². The Labute approximate surface area is 336 Å². The van der Waals surface area contributed by atoms with Crippen LogP contribution in [0.1, 0.15) is 70.8 Å². The van der Waals surface area contributed by atoms with E-state index < -0.39 is 11.0 Å². The van der Waals surface area contributed by atoms with Crippen LogP contribution in [0, 0.1) is 13.8 Å². The normalized spacial score (nSPS) is 15.4. The van der Waals surface area contributed by atoms with Crippen LogP contribution in [0.4, 0.5) is 5.69 Å². The number of aryl methyl sites for hydroxylation is 2. The van der Waals surface area contributed by atoms with Gasteiger partial charge in [-0.15, -0.1) is 0 Å². The molecule has 4 heteroatoms. The molecule has 3 aliphatic rings. The monoisotopic (exact) mass is 744 g/mol. The summed E-state index contributed by atoms with van der Waals surface area (Å²) >= 11 is 0. The first-order valence-electron chi connectivity index (χ1n) is 19.9. The number of hydrogen-bond acceptors (Lipinski definition) is 2. The highest BCUT2D eigenvalue weighted by molar-refractivity contribution is 6.35. The summed E-state index contributed by atoms with van der Waals surface area (Å²) in [6, 6.07) is 64.0. The first-order valence-corrected chi connectivity index (χ1v) is 19.9. The summed E-state index contributed by atoms with van der Waals surface area (Å²) in [5, 5.41) is 2.29. The molecule has 0 N–H and O–H groups in total. The van der Waals surface area contributed by atoms with Gasteiger partial charge >= 0.3 is 0 Å². The number of para-hydroxylation sites is 1. The van der Waals surface area contributed by atoms with E-state index in [1.807, 2.05) is 42.5 Å². The molecular weight excluding hydrogens is 709 g/mol. The highest BCUT2D eigenvalue weighted by Crippen LogP contribution is 2.64. The lowest BCUT2D eigenvalue weighted by Gasteiger charge is -2.51. The van der Waals surface area contributed by atoms with E-state index in [2.05, 4.69) is 158 Å². The second-order valence-electron chi connectivity index (χ2n) is 16.0. The van der Waals surface area contributed by atoms with Crippen LogP contribution in [-0.4, -0.2) is 16.4 Å². The molecule has 0 saturated heterocycles. The molecule has 4 nitrogen and oxygen atoms in total. The molecule has 0 bridgehead atoms. The Kier molecular flexibility index (Phi) is 6.59. The minimum Gasteiger partial charge on any atom is -0.322 e. The van der Waals surface area contributed by atoms with E-state index in [4.69, 9.17) is 0 Å². The molecule has 2 heterocycles. The van der Waals surface area contributed by atoms with Crippen LogP contribution in [0.5, 0.6) is 0 Å². The fraction of sp³-hybridized carbons (Fsp3) is 0.0741. The zero-order chi connectivity index (χ0) is 38.9. The largest absolute Gasteiger partial charge is 0.322 e. The number of benzene rings is 8. The summed E-state index contributed by atoms with van der Waals surface area (Å²) in [7, 11) is 0.